The highest BCUT2D eigenvalue weighted by Gasteiger charge is 2.28. The van der Waals surface area contributed by atoms with Gasteiger partial charge in [0.05, 0.1) is 5.75 Å². The molecular weight excluding hydrogens is 543 g/mol. The van der Waals surface area contributed by atoms with Gasteiger partial charge < -0.3 is 10.2 Å². The molecule has 3 rings (SSSR count). The number of benzene rings is 2. The van der Waals surface area contributed by atoms with E-state index in [1.165, 1.54) is 18.2 Å². The summed E-state index contributed by atoms with van der Waals surface area (Å²) in [5.41, 5.74) is 1.90. The summed E-state index contributed by atoms with van der Waals surface area (Å²) in [6.07, 6.45) is 5.53. The number of thioether (sulfide) groups is 1. The van der Waals surface area contributed by atoms with Crippen LogP contribution in [0.3, 0.4) is 0 Å². The second kappa shape index (κ2) is 13.0. The third-order valence-electron chi connectivity index (χ3n) is 5.86. The van der Waals surface area contributed by atoms with Crippen molar-refractivity contribution in [2.24, 2.45) is 0 Å². The molecule has 2 amide bonds. The van der Waals surface area contributed by atoms with E-state index in [-0.39, 0.29) is 23.6 Å². The maximum atomic E-state index is 13.3. The van der Waals surface area contributed by atoms with Crippen molar-refractivity contribution in [1.82, 2.24) is 10.2 Å². The van der Waals surface area contributed by atoms with Crippen molar-refractivity contribution in [3.8, 4) is 0 Å². The van der Waals surface area contributed by atoms with E-state index in [1.807, 2.05) is 37.3 Å². The third-order valence-corrected chi connectivity index (χ3v) is 7.91. The molecule has 1 saturated carbocycles. The lowest BCUT2D eigenvalue weighted by molar-refractivity contribution is -0.139. The topological polar surface area (TPSA) is 49.4 Å². The van der Waals surface area contributed by atoms with Gasteiger partial charge in [-0.1, -0.05) is 76.6 Å². The van der Waals surface area contributed by atoms with E-state index in [0.29, 0.717) is 22.3 Å². The molecule has 2 aromatic carbocycles. The second-order valence-electron chi connectivity index (χ2n) is 8.40. The van der Waals surface area contributed by atoms with Gasteiger partial charge in [0, 0.05) is 32.9 Å². The predicted octanol–water partition coefficient (Wildman–Crippen LogP) is 6.86. The van der Waals surface area contributed by atoms with E-state index in [2.05, 4.69) is 21.2 Å². The number of hydrogen-bond acceptors (Lipinski definition) is 3. The summed E-state index contributed by atoms with van der Waals surface area (Å²) in [4.78, 5) is 28.0. The molecular formula is C25H29BrCl2N2O2S. The quantitative estimate of drug-likeness (QED) is 0.358. The third kappa shape index (κ3) is 8.20. The summed E-state index contributed by atoms with van der Waals surface area (Å²) >= 11 is 17.2. The average Bonchev–Trinajstić information content (AvgIpc) is 2.79. The molecule has 0 saturated heterocycles. The van der Waals surface area contributed by atoms with Crippen LogP contribution in [-0.2, 0) is 21.9 Å². The Kier molecular flexibility index (Phi) is 10.4. The van der Waals surface area contributed by atoms with Crippen LogP contribution in [0.25, 0.3) is 0 Å². The van der Waals surface area contributed by atoms with Crippen molar-refractivity contribution in [2.75, 3.05) is 5.75 Å². The number of amides is 2. The van der Waals surface area contributed by atoms with E-state index in [4.69, 9.17) is 23.2 Å². The van der Waals surface area contributed by atoms with Crippen molar-refractivity contribution in [2.45, 2.75) is 63.4 Å². The van der Waals surface area contributed by atoms with Crippen molar-refractivity contribution in [3.63, 3.8) is 0 Å². The normalized spacial score (nSPS) is 15.2. The Balaban J connectivity index is 1.66. The smallest absolute Gasteiger partial charge is 0.242 e. The molecule has 1 aliphatic rings. The molecule has 0 bridgehead atoms. The average molecular weight is 572 g/mol. The maximum absolute atomic E-state index is 13.3. The van der Waals surface area contributed by atoms with Crippen LogP contribution in [0.5, 0.6) is 0 Å². The second-order valence-corrected chi connectivity index (χ2v) is 11.1. The van der Waals surface area contributed by atoms with Crippen LogP contribution >= 0.6 is 50.9 Å². The molecule has 1 aliphatic carbocycles. The fraction of sp³-hybridized carbons (Fsp3) is 0.440. The Bertz CT molecular complexity index is 969. The summed E-state index contributed by atoms with van der Waals surface area (Å²) in [7, 11) is 0. The number of carbonyl (C=O) groups excluding carboxylic acids is 2. The SMILES string of the molecule is CC(C(=O)NC1CCCCC1)N(Cc1cccc(Br)c1)C(=O)CSCc1ccc(Cl)cc1Cl. The summed E-state index contributed by atoms with van der Waals surface area (Å²) in [6, 6.07) is 12.9. The molecule has 0 aromatic heterocycles. The fourth-order valence-corrected chi connectivity index (χ4v) is 5.87. The van der Waals surface area contributed by atoms with E-state index in [0.717, 1.165) is 41.3 Å². The molecule has 178 valence electrons. The Morgan fingerprint density at radius 2 is 1.91 bits per heavy atom. The molecule has 1 fully saturated rings. The van der Waals surface area contributed by atoms with Crippen LogP contribution < -0.4 is 5.32 Å². The van der Waals surface area contributed by atoms with Crippen LogP contribution in [0.1, 0.15) is 50.2 Å². The molecule has 1 N–H and O–H groups in total. The first-order chi connectivity index (χ1) is 15.8. The zero-order valence-electron chi connectivity index (χ0n) is 18.7. The highest BCUT2D eigenvalue weighted by Crippen LogP contribution is 2.25. The zero-order valence-corrected chi connectivity index (χ0v) is 22.6. The summed E-state index contributed by atoms with van der Waals surface area (Å²) in [5.74, 6) is 0.690. The largest absolute Gasteiger partial charge is 0.352 e. The van der Waals surface area contributed by atoms with Gasteiger partial charge in [-0.3, -0.25) is 9.59 Å². The van der Waals surface area contributed by atoms with Crippen LogP contribution in [-0.4, -0.2) is 34.6 Å². The Morgan fingerprint density at radius 1 is 1.15 bits per heavy atom. The molecule has 33 heavy (non-hydrogen) atoms. The van der Waals surface area contributed by atoms with Gasteiger partial charge in [-0.15, -0.1) is 11.8 Å². The first-order valence-electron chi connectivity index (χ1n) is 11.2. The number of nitrogens with zero attached hydrogens (tertiary/aromatic N) is 1. The van der Waals surface area contributed by atoms with E-state index in [1.54, 1.807) is 17.0 Å². The molecule has 2 aromatic rings. The zero-order chi connectivity index (χ0) is 23.8. The van der Waals surface area contributed by atoms with E-state index in [9.17, 15) is 9.59 Å². The van der Waals surface area contributed by atoms with Crippen molar-refractivity contribution >= 4 is 62.7 Å². The molecule has 8 heteroatoms. The van der Waals surface area contributed by atoms with Gasteiger partial charge in [0.2, 0.25) is 11.8 Å². The summed E-state index contributed by atoms with van der Waals surface area (Å²) in [6.45, 7) is 2.19. The minimum atomic E-state index is -0.557. The number of nitrogens with one attached hydrogen (secondary N) is 1. The number of rotatable bonds is 9. The molecule has 0 spiro atoms. The fourth-order valence-electron chi connectivity index (χ4n) is 3.95. The lowest BCUT2D eigenvalue weighted by Crippen LogP contribution is -2.50. The van der Waals surface area contributed by atoms with Crippen LogP contribution in [0.2, 0.25) is 10.0 Å². The van der Waals surface area contributed by atoms with Gasteiger partial charge in [-0.2, -0.15) is 0 Å². The molecule has 0 radical (unpaired) electrons. The number of halogens is 3. The standard InChI is InChI=1S/C25H29BrCl2N2O2S/c1-17(25(32)29-22-8-3-2-4-9-22)30(14-18-6-5-7-20(26)12-18)24(31)16-33-15-19-10-11-21(27)13-23(19)28/h5-7,10-13,17,22H,2-4,8-9,14-16H2,1H3,(H,29,32). The van der Waals surface area contributed by atoms with Gasteiger partial charge in [0.25, 0.3) is 0 Å². The first kappa shape index (κ1) is 26.4. The van der Waals surface area contributed by atoms with Crippen molar-refractivity contribution in [3.05, 3.63) is 68.1 Å². The maximum Gasteiger partial charge on any atom is 0.242 e. The lowest BCUT2D eigenvalue weighted by atomic mass is 9.95. The highest BCUT2D eigenvalue weighted by atomic mass is 79.9. The molecule has 0 heterocycles. The van der Waals surface area contributed by atoms with Crippen molar-refractivity contribution in [1.29, 1.82) is 0 Å². The molecule has 1 atom stereocenters. The molecule has 0 aliphatic heterocycles. The van der Waals surface area contributed by atoms with E-state index < -0.39 is 6.04 Å². The Labute approximate surface area is 218 Å². The van der Waals surface area contributed by atoms with Crippen LogP contribution in [0.4, 0.5) is 0 Å². The number of carbonyl (C=O) groups is 2. The highest BCUT2D eigenvalue weighted by molar-refractivity contribution is 9.10. The van der Waals surface area contributed by atoms with Crippen LogP contribution in [0, 0.1) is 0 Å². The summed E-state index contributed by atoms with van der Waals surface area (Å²) < 4.78 is 0.943. The van der Waals surface area contributed by atoms with E-state index >= 15 is 0 Å². The first-order valence-corrected chi connectivity index (χ1v) is 13.9. The van der Waals surface area contributed by atoms with Gasteiger partial charge in [-0.05, 0) is 55.2 Å². The molecule has 4 nitrogen and oxygen atoms in total. The Hall–Kier alpha value is -1.21. The minimum Gasteiger partial charge on any atom is -0.352 e. The number of hydrogen-bond donors (Lipinski definition) is 1. The monoisotopic (exact) mass is 570 g/mol. The Morgan fingerprint density at radius 3 is 2.61 bits per heavy atom. The van der Waals surface area contributed by atoms with Gasteiger partial charge >= 0.3 is 0 Å². The predicted molar refractivity (Wildman–Crippen MR) is 142 cm³/mol. The van der Waals surface area contributed by atoms with Crippen molar-refractivity contribution < 1.29 is 9.59 Å². The van der Waals surface area contributed by atoms with Gasteiger partial charge in [0.1, 0.15) is 6.04 Å². The minimum absolute atomic E-state index is 0.0728. The molecule has 1 unspecified atom stereocenters. The van der Waals surface area contributed by atoms with Gasteiger partial charge in [-0.25, -0.2) is 0 Å². The lowest BCUT2D eigenvalue weighted by Gasteiger charge is -2.31. The summed E-state index contributed by atoms with van der Waals surface area (Å²) in [5, 5.41) is 4.34. The van der Waals surface area contributed by atoms with Gasteiger partial charge in [0.15, 0.2) is 0 Å². The van der Waals surface area contributed by atoms with Crippen LogP contribution in [0.15, 0.2) is 46.9 Å².